The van der Waals surface area contributed by atoms with Crippen molar-refractivity contribution in [3.63, 3.8) is 0 Å². The molecule has 0 aromatic heterocycles. The molecule has 4 fully saturated rings. The van der Waals surface area contributed by atoms with E-state index < -0.39 is 17.6 Å². The van der Waals surface area contributed by atoms with E-state index in [1.807, 2.05) is 20.8 Å². The summed E-state index contributed by atoms with van der Waals surface area (Å²) in [5.74, 6) is 1.82. The van der Waals surface area contributed by atoms with Crippen molar-refractivity contribution in [3.05, 3.63) is 0 Å². The highest BCUT2D eigenvalue weighted by atomic mass is 28.4. The van der Waals surface area contributed by atoms with Crippen molar-refractivity contribution in [2.45, 2.75) is 263 Å². The second kappa shape index (κ2) is 40.0. The molecule has 0 spiro atoms. The van der Waals surface area contributed by atoms with Crippen LogP contribution in [-0.4, -0.2) is 108 Å². The normalized spacial score (nSPS) is 19.2. The SMILES string of the molecule is CCO[Si](CCCCCCNCCCC(CC1CCCCC1)=NC1CCCCC1)(OCC)OCC.CO[Si](CCCCCCNCCCC(CC1CCCCC1)=NC1CCCCC1)(OC)OC. The van der Waals surface area contributed by atoms with Crippen LogP contribution in [0.15, 0.2) is 9.98 Å². The Labute approximate surface area is 417 Å². The maximum Gasteiger partial charge on any atom is 0.500 e. The number of unbranched alkanes of at least 4 members (excludes halogenated alkanes) is 6. The van der Waals surface area contributed by atoms with Gasteiger partial charge in [-0.2, -0.15) is 0 Å². The maximum absolute atomic E-state index is 5.97. The van der Waals surface area contributed by atoms with Crippen LogP contribution in [0.2, 0.25) is 12.1 Å². The van der Waals surface area contributed by atoms with Crippen LogP contribution in [-0.2, 0) is 26.6 Å². The van der Waals surface area contributed by atoms with E-state index in [9.17, 15) is 0 Å². The first-order valence-corrected chi connectivity index (χ1v) is 32.9. The van der Waals surface area contributed by atoms with Crippen LogP contribution in [0.1, 0.15) is 239 Å². The third kappa shape index (κ3) is 28.3. The lowest BCUT2D eigenvalue weighted by Crippen LogP contribution is -2.45. The molecule has 0 bridgehead atoms. The van der Waals surface area contributed by atoms with E-state index in [0.29, 0.717) is 31.9 Å². The predicted molar refractivity (Wildman–Crippen MR) is 289 cm³/mol. The predicted octanol–water partition coefficient (Wildman–Crippen LogP) is 14.2. The Balaban J connectivity index is 0.000000357. The average molecular weight is 980 g/mol. The largest absolute Gasteiger partial charge is 0.500 e. The van der Waals surface area contributed by atoms with Crippen LogP contribution in [0.5, 0.6) is 0 Å². The lowest BCUT2D eigenvalue weighted by Gasteiger charge is -2.28. The highest BCUT2D eigenvalue weighted by Crippen LogP contribution is 2.30. The molecule has 0 saturated heterocycles. The molecule has 0 atom stereocenters. The molecule has 0 aliphatic heterocycles. The number of hydrogen-bond donors (Lipinski definition) is 2. The van der Waals surface area contributed by atoms with Crippen molar-refractivity contribution < 1.29 is 26.6 Å². The van der Waals surface area contributed by atoms with Gasteiger partial charge in [0.15, 0.2) is 0 Å². The fourth-order valence-electron chi connectivity index (χ4n) is 11.4. The van der Waals surface area contributed by atoms with E-state index in [1.54, 1.807) is 32.8 Å². The van der Waals surface area contributed by atoms with Crippen LogP contribution in [0.4, 0.5) is 0 Å². The third-order valence-electron chi connectivity index (χ3n) is 15.2. The van der Waals surface area contributed by atoms with Gasteiger partial charge < -0.3 is 37.2 Å². The molecular weight excluding hydrogens is 869 g/mol. The second-order valence-electron chi connectivity index (χ2n) is 20.7. The zero-order chi connectivity index (χ0) is 47.9. The van der Waals surface area contributed by atoms with Crippen LogP contribution in [0.25, 0.3) is 0 Å². The Kier molecular flexibility index (Phi) is 36.3. The molecule has 4 aliphatic rings. The summed E-state index contributed by atoms with van der Waals surface area (Å²) < 4.78 is 34.4. The van der Waals surface area contributed by atoms with E-state index in [2.05, 4.69) is 10.6 Å². The summed E-state index contributed by atoms with van der Waals surface area (Å²) in [4.78, 5) is 10.6. The highest BCUT2D eigenvalue weighted by Gasteiger charge is 2.39. The smallest absolute Gasteiger partial charge is 0.377 e. The summed E-state index contributed by atoms with van der Waals surface area (Å²) in [6.07, 6.45) is 45.2. The Hall–Kier alpha value is -0.546. The number of nitrogens with one attached hydrogen (secondary N) is 2. The monoisotopic (exact) mass is 979 g/mol. The van der Waals surface area contributed by atoms with E-state index in [4.69, 9.17) is 36.5 Å². The third-order valence-corrected chi connectivity index (χ3v) is 21.2. The molecule has 0 aromatic carbocycles. The summed E-state index contributed by atoms with van der Waals surface area (Å²) in [6.45, 7) is 12.6. The van der Waals surface area contributed by atoms with Crippen molar-refractivity contribution in [1.29, 1.82) is 0 Å². The van der Waals surface area contributed by atoms with Gasteiger partial charge >= 0.3 is 17.6 Å². The molecule has 0 radical (unpaired) electrons. The van der Waals surface area contributed by atoms with Crippen molar-refractivity contribution in [1.82, 2.24) is 10.6 Å². The Bertz CT molecular complexity index is 1180. The first-order valence-electron chi connectivity index (χ1n) is 29.0. The van der Waals surface area contributed by atoms with E-state index in [-0.39, 0.29) is 0 Å². The van der Waals surface area contributed by atoms with E-state index in [0.717, 1.165) is 62.9 Å². The molecule has 0 amide bonds. The summed E-state index contributed by atoms with van der Waals surface area (Å²) in [7, 11) is 0.267. The van der Waals surface area contributed by atoms with E-state index in [1.165, 1.54) is 205 Å². The van der Waals surface area contributed by atoms with Crippen LogP contribution < -0.4 is 10.6 Å². The van der Waals surface area contributed by atoms with Gasteiger partial charge in [0.25, 0.3) is 0 Å². The summed E-state index contributed by atoms with van der Waals surface area (Å²) in [6, 6.07) is 3.12. The second-order valence-corrected chi connectivity index (χ2v) is 26.5. The molecule has 4 saturated carbocycles. The first-order chi connectivity index (χ1) is 32.9. The number of aliphatic imine (C=N–C) groups is 2. The minimum absolute atomic E-state index is 0.630. The van der Waals surface area contributed by atoms with Crippen LogP contribution in [0.3, 0.4) is 0 Å². The van der Waals surface area contributed by atoms with Gasteiger partial charge in [0.1, 0.15) is 0 Å². The fraction of sp³-hybridized carbons (Fsp3) is 0.964. The summed E-state index contributed by atoms with van der Waals surface area (Å²) >= 11 is 0. The molecule has 0 unspecified atom stereocenters. The van der Waals surface area contributed by atoms with Gasteiger partial charge in [-0.1, -0.05) is 128 Å². The average Bonchev–Trinajstić information content (AvgIpc) is 3.36. The summed E-state index contributed by atoms with van der Waals surface area (Å²) in [5, 5.41) is 7.36. The molecule has 2 N–H and O–H groups in total. The molecule has 4 rings (SSSR count). The van der Waals surface area contributed by atoms with Gasteiger partial charge in [0, 0.05) is 76.7 Å². The molecular formula is C55H110N4O6Si2. The molecule has 10 nitrogen and oxygen atoms in total. The van der Waals surface area contributed by atoms with Gasteiger partial charge in [-0.25, -0.2) is 0 Å². The van der Waals surface area contributed by atoms with Crippen molar-refractivity contribution in [3.8, 4) is 0 Å². The standard InChI is InChI=1S/C29H58N2O3Si.C26H52N2O3Si/c1-4-32-35(33-5-2,34-6-3)25-16-8-7-15-23-30-24-17-22-29(26-27-18-11-9-12-19-27)31-28-20-13-10-14-21-28;1-29-32(30-2,31-3)22-13-5-4-12-20-27-21-14-19-26(23-24-15-8-6-9-16-24)28-25-17-10-7-11-18-25/h27-28,30H,4-26H2,1-3H3;24-25,27H,4-23H2,1-3H3. The van der Waals surface area contributed by atoms with Gasteiger partial charge in [-0.05, 0) is 149 Å². The van der Waals surface area contributed by atoms with E-state index >= 15 is 0 Å². The quantitative estimate of drug-likeness (QED) is 0.0360. The Morgan fingerprint density at radius 3 is 1.09 bits per heavy atom. The first kappa shape index (κ1) is 60.8. The van der Waals surface area contributed by atoms with Crippen molar-refractivity contribution >= 4 is 29.0 Å². The van der Waals surface area contributed by atoms with Crippen LogP contribution >= 0.6 is 0 Å². The number of rotatable bonds is 37. The lowest BCUT2D eigenvalue weighted by atomic mass is 9.84. The van der Waals surface area contributed by atoms with Crippen molar-refractivity contribution in [2.75, 3.05) is 67.3 Å². The molecule has 67 heavy (non-hydrogen) atoms. The molecule has 394 valence electrons. The topological polar surface area (TPSA) is 104 Å². The molecule has 0 aromatic rings. The lowest BCUT2D eigenvalue weighted by molar-refractivity contribution is 0.0706. The minimum Gasteiger partial charge on any atom is -0.377 e. The Morgan fingerprint density at radius 2 is 0.731 bits per heavy atom. The minimum atomic E-state index is -2.45. The highest BCUT2D eigenvalue weighted by molar-refractivity contribution is 6.61. The zero-order valence-electron chi connectivity index (χ0n) is 45.1. The molecule has 12 heteroatoms. The molecule has 0 heterocycles. The van der Waals surface area contributed by atoms with Gasteiger partial charge in [-0.3, -0.25) is 9.98 Å². The number of nitrogens with zero attached hydrogens (tertiary/aromatic N) is 2. The number of hydrogen-bond acceptors (Lipinski definition) is 10. The van der Waals surface area contributed by atoms with Gasteiger partial charge in [0.2, 0.25) is 0 Å². The Morgan fingerprint density at radius 1 is 0.403 bits per heavy atom. The van der Waals surface area contributed by atoms with Crippen molar-refractivity contribution in [2.24, 2.45) is 21.8 Å². The molecule has 4 aliphatic carbocycles. The summed E-state index contributed by atoms with van der Waals surface area (Å²) in [5.41, 5.74) is 3.10. The van der Waals surface area contributed by atoms with Crippen LogP contribution in [0, 0.1) is 11.8 Å². The maximum atomic E-state index is 5.97. The zero-order valence-corrected chi connectivity index (χ0v) is 47.1. The fourth-order valence-corrected chi connectivity index (χ4v) is 15.8. The van der Waals surface area contributed by atoms with Gasteiger partial charge in [-0.15, -0.1) is 0 Å². The van der Waals surface area contributed by atoms with Gasteiger partial charge in [0.05, 0.1) is 0 Å².